The zero-order valence-corrected chi connectivity index (χ0v) is 13.9. The van der Waals surface area contributed by atoms with Crippen LogP contribution in [-0.4, -0.2) is 22.7 Å². The molecule has 1 aromatic carbocycles. The molecule has 22 heavy (non-hydrogen) atoms. The summed E-state index contributed by atoms with van der Waals surface area (Å²) in [5, 5.41) is 6.78. The molecule has 0 bridgehead atoms. The zero-order chi connectivity index (χ0) is 15.9. The van der Waals surface area contributed by atoms with Crippen LogP contribution in [-0.2, 0) is 0 Å². The molecule has 2 rings (SSSR count). The predicted molar refractivity (Wildman–Crippen MR) is 94.5 cm³/mol. The van der Waals surface area contributed by atoms with Crippen molar-refractivity contribution in [2.24, 2.45) is 0 Å². The monoisotopic (exact) mass is 315 g/mol. The minimum Gasteiger partial charge on any atom is -0.491 e. The highest BCUT2D eigenvalue weighted by molar-refractivity contribution is 7.80. The van der Waals surface area contributed by atoms with Gasteiger partial charge in [0.05, 0.1) is 6.04 Å². The maximum atomic E-state index is 5.72. The van der Waals surface area contributed by atoms with E-state index in [1.807, 2.05) is 50.2 Å². The number of thiocarbonyl (C=S) groups is 1. The summed E-state index contributed by atoms with van der Waals surface area (Å²) in [5.41, 5.74) is 2.33. The Bertz CT molecular complexity index is 611. The van der Waals surface area contributed by atoms with Gasteiger partial charge in [0, 0.05) is 6.20 Å². The van der Waals surface area contributed by atoms with Crippen LogP contribution in [0.4, 0.5) is 5.82 Å². The highest BCUT2D eigenvalue weighted by atomic mass is 32.1. The average Bonchev–Trinajstić information content (AvgIpc) is 2.49. The number of aryl methyl sites for hydroxylation is 2. The van der Waals surface area contributed by atoms with Gasteiger partial charge in [0.25, 0.3) is 0 Å². The van der Waals surface area contributed by atoms with Gasteiger partial charge in [-0.1, -0.05) is 23.8 Å². The van der Waals surface area contributed by atoms with Gasteiger partial charge >= 0.3 is 0 Å². The number of benzene rings is 1. The lowest BCUT2D eigenvalue weighted by Crippen LogP contribution is -2.39. The molecular formula is C17H21N3OS. The van der Waals surface area contributed by atoms with Crippen molar-refractivity contribution in [1.82, 2.24) is 10.3 Å². The minimum atomic E-state index is 0.0896. The Hall–Kier alpha value is -2.14. The fourth-order valence-electron chi connectivity index (χ4n) is 1.82. The van der Waals surface area contributed by atoms with Crippen LogP contribution in [0.3, 0.4) is 0 Å². The van der Waals surface area contributed by atoms with E-state index >= 15 is 0 Å². The van der Waals surface area contributed by atoms with E-state index in [1.54, 1.807) is 6.20 Å². The van der Waals surface area contributed by atoms with Crippen molar-refractivity contribution in [3.8, 4) is 5.75 Å². The Morgan fingerprint density at radius 1 is 1.14 bits per heavy atom. The molecule has 2 N–H and O–H groups in total. The molecule has 0 radical (unpaired) electrons. The molecule has 116 valence electrons. The molecule has 4 nitrogen and oxygen atoms in total. The molecule has 0 unspecified atom stereocenters. The molecular weight excluding hydrogens is 294 g/mol. The summed E-state index contributed by atoms with van der Waals surface area (Å²) in [7, 11) is 0. The molecule has 2 aromatic rings. The number of pyridine rings is 1. The maximum absolute atomic E-state index is 5.72. The summed E-state index contributed by atoms with van der Waals surface area (Å²) >= 11 is 5.28. The lowest BCUT2D eigenvalue weighted by molar-refractivity contribution is 0.287. The number of anilines is 1. The van der Waals surface area contributed by atoms with Crippen molar-refractivity contribution in [1.29, 1.82) is 0 Å². The third-order valence-corrected chi connectivity index (χ3v) is 3.27. The van der Waals surface area contributed by atoms with Crippen LogP contribution in [0.2, 0.25) is 0 Å². The van der Waals surface area contributed by atoms with Gasteiger partial charge in [-0.25, -0.2) is 4.98 Å². The summed E-state index contributed by atoms with van der Waals surface area (Å²) in [6.45, 7) is 6.60. The summed E-state index contributed by atoms with van der Waals surface area (Å²) in [6.07, 6.45) is 1.80. The SMILES string of the molecule is Cc1ccc(OC[C@@H](C)NC(=S)Nc2ccc(C)cn2)cc1. The fraction of sp³-hybridized carbons (Fsp3) is 0.294. The first-order valence-corrected chi connectivity index (χ1v) is 7.63. The number of hydrogen-bond acceptors (Lipinski definition) is 3. The standard InChI is InChI=1S/C17H21N3OS/c1-12-4-7-15(8-5-12)21-11-14(3)19-17(22)20-16-9-6-13(2)10-18-16/h4-10,14H,11H2,1-3H3,(H2,18,19,20,22)/t14-/m1/s1. The second-order valence-electron chi connectivity index (χ2n) is 5.34. The van der Waals surface area contributed by atoms with E-state index in [1.165, 1.54) is 5.56 Å². The Labute approximate surface area is 136 Å². The molecule has 0 spiro atoms. The van der Waals surface area contributed by atoms with Crippen molar-refractivity contribution in [3.05, 3.63) is 53.7 Å². The van der Waals surface area contributed by atoms with E-state index < -0.39 is 0 Å². The Balaban J connectivity index is 1.76. The van der Waals surface area contributed by atoms with E-state index in [-0.39, 0.29) is 6.04 Å². The first kappa shape index (κ1) is 16.2. The lowest BCUT2D eigenvalue weighted by Gasteiger charge is -2.17. The van der Waals surface area contributed by atoms with Gasteiger partial charge < -0.3 is 15.4 Å². The predicted octanol–water partition coefficient (Wildman–Crippen LogP) is 3.45. The van der Waals surface area contributed by atoms with E-state index in [0.29, 0.717) is 11.7 Å². The zero-order valence-electron chi connectivity index (χ0n) is 13.1. The van der Waals surface area contributed by atoms with Gasteiger partial charge in [-0.3, -0.25) is 0 Å². The maximum Gasteiger partial charge on any atom is 0.172 e. The van der Waals surface area contributed by atoms with Crippen molar-refractivity contribution in [2.75, 3.05) is 11.9 Å². The number of ether oxygens (including phenoxy) is 1. The molecule has 5 heteroatoms. The van der Waals surface area contributed by atoms with Crippen LogP contribution in [0.1, 0.15) is 18.1 Å². The molecule has 0 saturated carbocycles. The number of rotatable bonds is 5. The lowest BCUT2D eigenvalue weighted by atomic mass is 10.2. The van der Waals surface area contributed by atoms with Gasteiger partial charge in [0.2, 0.25) is 0 Å². The van der Waals surface area contributed by atoms with Crippen molar-refractivity contribution < 1.29 is 4.74 Å². The normalized spacial score (nSPS) is 11.6. The number of aromatic nitrogens is 1. The molecule has 0 aliphatic heterocycles. The topological polar surface area (TPSA) is 46.2 Å². The van der Waals surface area contributed by atoms with Gasteiger partial charge in [0.15, 0.2) is 5.11 Å². The highest BCUT2D eigenvalue weighted by Crippen LogP contribution is 2.11. The number of hydrogen-bond donors (Lipinski definition) is 2. The number of nitrogens with one attached hydrogen (secondary N) is 2. The van der Waals surface area contributed by atoms with Gasteiger partial charge in [-0.05, 0) is 56.8 Å². The van der Waals surface area contributed by atoms with Crippen molar-refractivity contribution in [2.45, 2.75) is 26.8 Å². The molecule has 0 fully saturated rings. The minimum absolute atomic E-state index is 0.0896. The summed E-state index contributed by atoms with van der Waals surface area (Å²) < 4.78 is 5.72. The van der Waals surface area contributed by atoms with E-state index in [0.717, 1.165) is 17.1 Å². The van der Waals surface area contributed by atoms with Gasteiger partial charge in [0.1, 0.15) is 18.2 Å². The van der Waals surface area contributed by atoms with Crippen LogP contribution < -0.4 is 15.4 Å². The highest BCUT2D eigenvalue weighted by Gasteiger charge is 2.06. The molecule has 1 heterocycles. The molecule has 0 aliphatic carbocycles. The fourth-order valence-corrected chi connectivity index (χ4v) is 2.12. The second-order valence-corrected chi connectivity index (χ2v) is 5.75. The third-order valence-electron chi connectivity index (χ3n) is 3.05. The van der Waals surface area contributed by atoms with Crippen LogP contribution >= 0.6 is 12.2 Å². The van der Waals surface area contributed by atoms with Gasteiger partial charge in [-0.15, -0.1) is 0 Å². The average molecular weight is 315 g/mol. The molecule has 1 atom stereocenters. The van der Waals surface area contributed by atoms with Crippen LogP contribution in [0.15, 0.2) is 42.6 Å². The smallest absolute Gasteiger partial charge is 0.172 e. The first-order chi connectivity index (χ1) is 10.5. The molecule has 0 saturated heterocycles. The first-order valence-electron chi connectivity index (χ1n) is 7.22. The van der Waals surface area contributed by atoms with Crippen LogP contribution in [0.25, 0.3) is 0 Å². The molecule has 0 aliphatic rings. The van der Waals surface area contributed by atoms with E-state index in [2.05, 4.69) is 22.5 Å². The summed E-state index contributed by atoms with van der Waals surface area (Å²) in [5.74, 6) is 1.59. The van der Waals surface area contributed by atoms with E-state index in [9.17, 15) is 0 Å². The summed E-state index contributed by atoms with van der Waals surface area (Å²) in [6, 6.07) is 12.0. The van der Waals surface area contributed by atoms with Crippen LogP contribution in [0.5, 0.6) is 5.75 Å². The summed E-state index contributed by atoms with van der Waals surface area (Å²) in [4.78, 5) is 4.26. The van der Waals surface area contributed by atoms with E-state index in [4.69, 9.17) is 17.0 Å². The van der Waals surface area contributed by atoms with Crippen LogP contribution in [0, 0.1) is 13.8 Å². The third kappa shape index (κ3) is 5.33. The largest absolute Gasteiger partial charge is 0.491 e. The second kappa shape index (κ2) is 7.75. The Kier molecular flexibility index (Phi) is 5.72. The molecule has 1 aromatic heterocycles. The Morgan fingerprint density at radius 2 is 1.82 bits per heavy atom. The Morgan fingerprint density at radius 3 is 2.45 bits per heavy atom. The molecule has 0 amide bonds. The number of nitrogens with zero attached hydrogens (tertiary/aromatic N) is 1. The van der Waals surface area contributed by atoms with Gasteiger partial charge in [-0.2, -0.15) is 0 Å². The quantitative estimate of drug-likeness (QED) is 0.828. The van der Waals surface area contributed by atoms with Crippen molar-refractivity contribution >= 4 is 23.1 Å². The van der Waals surface area contributed by atoms with Crippen molar-refractivity contribution in [3.63, 3.8) is 0 Å².